The van der Waals surface area contributed by atoms with Crippen LogP contribution in [0, 0.1) is 0 Å². The standard InChI is InChI=1S/C18H27N5OS2/c1-4-6-7-8-9-10-15-21-22-18(23(15)12-5-2)26-14(3)16(24)20-17-19-11-13-25-17/h5,11,13-14H,2,4,6-10,12H2,1,3H3,(H,19,20,24)/t14-/m0/s1. The zero-order valence-corrected chi connectivity index (χ0v) is 17.1. The van der Waals surface area contributed by atoms with Crippen molar-refractivity contribution in [1.82, 2.24) is 19.7 Å². The summed E-state index contributed by atoms with van der Waals surface area (Å²) in [6.07, 6.45) is 10.5. The van der Waals surface area contributed by atoms with E-state index in [9.17, 15) is 4.79 Å². The van der Waals surface area contributed by atoms with Gasteiger partial charge in [0.05, 0.1) is 5.25 Å². The Bertz CT molecular complexity index is 684. The molecule has 2 aromatic rings. The van der Waals surface area contributed by atoms with Gasteiger partial charge >= 0.3 is 0 Å². The van der Waals surface area contributed by atoms with Crippen LogP contribution in [0.2, 0.25) is 0 Å². The highest BCUT2D eigenvalue weighted by Crippen LogP contribution is 2.24. The van der Waals surface area contributed by atoms with Gasteiger partial charge in [-0.05, 0) is 13.3 Å². The molecule has 0 saturated carbocycles. The second-order valence-corrected chi connectivity index (χ2v) is 8.25. The van der Waals surface area contributed by atoms with Crippen LogP contribution in [0.5, 0.6) is 0 Å². The van der Waals surface area contributed by atoms with Crippen LogP contribution < -0.4 is 5.32 Å². The van der Waals surface area contributed by atoms with E-state index < -0.39 is 0 Å². The molecule has 0 aliphatic carbocycles. The summed E-state index contributed by atoms with van der Waals surface area (Å²) in [5.74, 6) is 0.885. The van der Waals surface area contributed by atoms with E-state index >= 15 is 0 Å². The van der Waals surface area contributed by atoms with Gasteiger partial charge in [-0.25, -0.2) is 4.98 Å². The van der Waals surface area contributed by atoms with Crippen molar-refractivity contribution in [3.05, 3.63) is 30.1 Å². The lowest BCUT2D eigenvalue weighted by Gasteiger charge is -2.12. The van der Waals surface area contributed by atoms with E-state index in [2.05, 4.69) is 38.6 Å². The molecule has 142 valence electrons. The van der Waals surface area contributed by atoms with Gasteiger partial charge < -0.3 is 9.88 Å². The summed E-state index contributed by atoms with van der Waals surface area (Å²) < 4.78 is 2.06. The fourth-order valence-corrected chi connectivity index (χ4v) is 3.90. The van der Waals surface area contributed by atoms with Crippen molar-refractivity contribution in [3.8, 4) is 0 Å². The fraction of sp³-hybridized carbons (Fsp3) is 0.556. The Balaban J connectivity index is 1.94. The average Bonchev–Trinajstić information content (AvgIpc) is 3.26. The molecule has 0 radical (unpaired) electrons. The number of amides is 1. The van der Waals surface area contributed by atoms with Crippen molar-refractivity contribution in [2.24, 2.45) is 0 Å². The van der Waals surface area contributed by atoms with Gasteiger partial charge in [0.2, 0.25) is 5.91 Å². The quantitative estimate of drug-likeness (QED) is 0.325. The Labute approximate surface area is 163 Å². The lowest BCUT2D eigenvalue weighted by atomic mass is 10.1. The molecule has 1 amide bonds. The predicted molar refractivity (Wildman–Crippen MR) is 109 cm³/mol. The molecular weight excluding hydrogens is 366 g/mol. The number of nitrogens with zero attached hydrogens (tertiary/aromatic N) is 4. The number of hydrogen-bond acceptors (Lipinski definition) is 6. The highest BCUT2D eigenvalue weighted by molar-refractivity contribution is 8.00. The molecule has 0 fully saturated rings. The Hall–Kier alpha value is -1.67. The van der Waals surface area contributed by atoms with E-state index in [1.807, 2.05) is 18.4 Å². The summed E-state index contributed by atoms with van der Waals surface area (Å²) in [4.78, 5) is 16.4. The summed E-state index contributed by atoms with van der Waals surface area (Å²) in [6.45, 7) is 8.57. The molecule has 0 saturated heterocycles. The van der Waals surface area contributed by atoms with Crippen LogP contribution in [0.3, 0.4) is 0 Å². The van der Waals surface area contributed by atoms with Gasteiger partial charge in [0, 0.05) is 24.5 Å². The summed E-state index contributed by atoms with van der Waals surface area (Å²) in [7, 11) is 0. The maximum Gasteiger partial charge on any atom is 0.239 e. The van der Waals surface area contributed by atoms with Gasteiger partial charge in [0.25, 0.3) is 0 Å². The van der Waals surface area contributed by atoms with Crippen molar-refractivity contribution in [2.45, 2.75) is 69.3 Å². The van der Waals surface area contributed by atoms with Gasteiger partial charge in [-0.3, -0.25) is 4.79 Å². The number of allylic oxidation sites excluding steroid dienone is 1. The molecule has 0 aliphatic heterocycles. The highest BCUT2D eigenvalue weighted by atomic mass is 32.2. The number of rotatable bonds is 12. The van der Waals surface area contributed by atoms with Crippen molar-refractivity contribution in [2.75, 3.05) is 5.32 Å². The van der Waals surface area contributed by atoms with Crippen molar-refractivity contribution < 1.29 is 4.79 Å². The number of unbranched alkanes of at least 4 members (excludes halogenated alkanes) is 4. The number of thioether (sulfide) groups is 1. The number of carbonyl (C=O) groups excluding carboxylic acids is 1. The van der Waals surface area contributed by atoms with Crippen LogP contribution in [-0.2, 0) is 17.8 Å². The van der Waals surface area contributed by atoms with Gasteiger partial charge in [-0.15, -0.1) is 28.1 Å². The highest BCUT2D eigenvalue weighted by Gasteiger charge is 2.20. The topological polar surface area (TPSA) is 72.7 Å². The second-order valence-electron chi connectivity index (χ2n) is 6.05. The zero-order chi connectivity index (χ0) is 18.8. The Morgan fingerprint density at radius 3 is 2.88 bits per heavy atom. The number of carbonyl (C=O) groups is 1. The molecule has 0 bridgehead atoms. The van der Waals surface area contributed by atoms with E-state index in [0.717, 1.165) is 23.8 Å². The third-order valence-corrected chi connectivity index (χ3v) is 5.69. The first-order valence-corrected chi connectivity index (χ1v) is 10.8. The SMILES string of the molecule is C=CCn1c(CCCCCCC)nnc1S[C@@H](C)C(=O)Nc1nccs1. The monoisotopic (exact) mass is 393 g/mol. The summed E-state index contributed by atoms with van der Waals surface area (Å²) in [5, 5.41) is 14.4. The van der Waals surface area contributed by atoms with E-state index in [1.54, 1.807) is 6.20 Å². The van der Waals surface area contributed by atoms with E-state index in [0.29, 0.717) is 11.7 Å². The minimum Gasteiger partial charge on any atom is -0.302 e. The molecule has 6 nitrogen and oxygen atoms in total. The minimum atomic E-state index is -0.288. The maximum atomic E-state index is 12.3. The fourth-order valence-electron chi connectivity index (χ4n) is 2.49. The molecule has 0 aromatic carbocycles. The van der Waals surface area contributed by atoms with Crippen LogP contribution in [0.1, 0.15) is 51.8 Å². The normalized spacial score (nSPS) is 12.1. The number of thiazole rings is 1. The van der Waals surface area contributed by atoms with Crippen LogP contribution >= 0.6 is 23.1 Å². The number of anilines is 1. The van der Waals surface area contributed by atoms with Crippen LogP contribution in [0.25, 0.3) is 0 Å². The average molecular weight is 394 g/mol. The molecule has 1 atom stereocenters. The lowest BCUT2D eigenvalue weighted by molar-refractivity contribution is -0.115. The van der Waals surface area contributed by atoms with Gasteiger partial charge in [0.15, 0.2) is 10.3 Å². The molecular formula is C18H27N5OS2. The molecule has 0 unspecified atom stereocenters. The molecule has 2 heterocycles. The molecule has 1 N–H and O–H groups in total. The predicted octanol–water partition coefficient (Wildman–Crippen LogP) is 4.55. The van der Waals surface area contributed by atoms with E-state index in [-0.39, 0.29) is 11.2 Å². The molecule has 8 heteroatoms. The van der Waals surface area contributed by atoms with E-state index in [4.69, 9.17) is 0 Å². The third-order valence-electron chi connectivity index (χ3n) is 3.92. The van der Waals surface area contributed by atoms with Gasteiger partial charge in [0.1, 0.15) is 5.82 Å². The maximum absolute atomic E-state index is 12.3. The number of aromatic nitrogens is 4. The summed E-state index contributed by atoms with van der Waals surface area (Å²) in [5.41, 5.74) is 0. The van der Waals surface area contributed by atoms with Crippen molar-refractivity contribution in [3.63, 3.8) is 0 Å². The minimum absolute atomic E-state index is 0.0841. The smallest absolute Gasteiger partial charge is 0.239 e. The second kappa shape index (κ2) is 11.1. The summed E-state index contributed by atoms with van der Waals surface area (Å²) in [6, 6.07) is 0. The Kier molecular flexibility index (Phi) is 8.84. The Morgan fingerprint density at radius 2 is 2.19 bits per heavy atom. The van der Waals surface area contributed by atoms with E-state index in [1.165, 1.54) is 48.8 Å². The first-order chi connectivity index (χ1) is 12.7. The summed E-state index contributed by atoms with van der Waals surface area (Å²) >= 11 is 2.82. The molecule has 0 aliphatic rings. The molecule has 0 spiro atoms. The van der Waals surface area contributed by atoms with Crippen LogP contribution in [0.4, 0.5) is 5.13 Å². The Morgan fingerprint density at radius 1 is 1.38 bits per heavy atom. The third kappa shape index (κ3) is 6.25. The molecule has 26 heavy (non-hydrogen) atoms. The van der Waals surface area contributed by atoms with Crippen molar-refractivity contribution in [1.29, 1.82) is 0 Å². The number of hydrogen-bond donors (Lipinski definition) is 1. The van der Waals surface area contributed by atoms with Crippen LogP contribution in [0.15, 0.2) is 29.4 Å². The number of nitrogens with one attached hydrogen (secondary N) is 1. The molecule has 2 aromatic heterocycles. The van der Waals surface area contributed by atoms with Gasteiger partial charge in [-0.2, -0.15) is 0 Å². The lowest BCUT2D eigenvalue weighted by Crippen LogP contribution is -2.22. The van der Waals surface area contributed by atoms with Gasteiger partial charge in [-0.1, -0.05) is 50.4 Å². The first kappa shape index (κ1) is 20.6. The van der Waals surface area contributed by atoms with Crippen LogP contribution in [-0.4, -0.2) is 30.9 Å². The van der Waals surface area contributed by atoms with Crippen molar-refractivity contribution >= 4 is 34.1 Å². The first-order valence-electron chi connectivity index (χ1n) is 9.05. The largest absolute Gasteiger partial charge is 0.302 e. The zero-order valence-electron chi connectivity index (χ0n) is 15.5. The number of aryl methyl sites for hydroxylation is 1. The molecule has 2 rings (SSSR count).